The lowest BCUT2D eigenvalue weighted by molar-refractivity contribution is -0.0321. The minimum atomic E-state index is -1.19. The summed E-state index contributed by atoms with van der Waals surface area (Å²) in [6, 6.07) is 0. The van der Waals surface area contributed by atoms with Gasteiger partial charge in [-0.05, 0) is 12.0 Å². The van der Waals surface area contributed by atoms with E-state index in [1.807, 2.05) is 0 Å². The van der Waals surface area contributed by atoms with E-state index < -0.39 is 24.5 Å². The SMILES string of the molecule is [N-]=[N+]=NC[C@H]1O[C@@H](n2cnc3c(C4CCOC4)ncnc32)[C@@H](O)[C@H]1O. The first-order chi connectivity index (χ1) is 12.2. The second kappa shape index (κ2) is 6.54. The first-order valence-electron chi connectivity index (χ1n) is 7.98. The van der Waals surface area contributed by atoms with Crippen LogP contribution in [-0.4, -0.2) is 67.8 Å². The highest BCUT2D eigenvalue weighted by atomic mass is 16.6. The molecule has 0 amide bonds. The third kappa shape index (κ3) is 2.71. The topological polar surface area (TPSA) is 151 Å². The lowest BCUT2D eigenvalue weighted by Gasteiger charge is -2.16. The van der Waals surface area contributed by atoms with E-state index in [2.05, 4.69) is 25.0 Å². The third-order valence-electron chi connectivity index (χ3n) is 4.64. The molecule has 0 bridgehead atoms. The van der Waals surface area contributed by atoms with E-state index in [0.29, 0.717) is 24.4 Å². The largest absolute Gasteiger partial charge is 0.388 e. The summed E-state index contributed by atoms with van der Waals surface area (Å²) in [4.78, 5) is 15.6. The highest BCUT2D eigenvalue weighted by Crippen LogP contribution is 2.33. The van der Waals surface area contributed by atoms with E-state index in [0.717, 1.165) is 12.1 Å². The van der Waals surface area contributed by atoms with Crippen molar-refractivity contribution in [2.24, 2.45) is 5.11 Å². The van der Waals surface area contributed by atoms with Gasteiger partial charge in [0.05, 0.1) is 31.3 Å². The second-order valence-corrected chi connectivity index (χ2v) is 6.10. The van der Waals surface area contributed by atoms with Gasteiger partial charge in [0.2, 0.25) is 0 Å². The molecule has 132 valence electrons. The van der Waals surface area contributed by atoms with Gasteiger partial charge in [-0.25, -0.2) is 15.0 Å². The van der Waals surface area contributed by atoms with Crippen LogP contribution in [0, 0.1) is 0 Å². The van der Waals surface area contributed by atoms with Crippen LogP contribution in [0.2, 0.25) is 0 Å². The summed E-state index contributed by atoms with van der Waals surface area (Å²) in [6.45, 7) is 1.21. The fourth-order valence-electron chi connectivity index (χ4n) is 3.33. The van der Waals surface area contributed by atoms with Gasteiger partial charge < -0.3 is 19.7 Å². The summed E-state index contributed by atoms with van der Waals surface area (Å²) in [5, 5.41) is 23.8. The maximum atomic E-state index is 10.3. The molecule has 11 nitrogen and oxygen atoms in total. The molecule has 0 spiro atoms. The van der Waals surface area contributed by atoms with Gasteiger partial charge in [-0.15, -0.1) is 0 Å². The number of imidazole rings is 1. The van der Waals surface area contributed by atoms with Crippen LogP contribution in [0.25, 0.3) is 21.6 Å². The number of fused-ring (bicyclic) bond motifs is 1. The highest BCUT2D eigenvalue weighted by Gasteiger charge is 2.44. The monoisotopic (exact) mass is 347 g/mol. The van der Waals surface area contributed by atoms with E-state index in [-0.39, 0.29) is 12.5 Å². The molecule has 2 saturated heterocycles. The first kappa shape index (κ1) is 16.2. The van der Waals surface area contributed by atoms with Crippen molar-refractivity contribution in [2.75, 3.05) is 19.8 Å². The van der Waals surface area contributed by atoms with Gasteiger partial charge in [0, 0.05) is 17.4 Å². The van der Waals surface area contributed by atoms with Crippen LogP contribution in [0.5, 0.6) is 0 Å². The molecule has 2 aliphatic rings. The molecule has 11 heteroatoms. The van der Waals surface area contributed by atoms with E-state index >= 15 is 0 Å². The van der Waals surface area contributed by atoms with Crippen molar-refractivity contribution in [1.29, 1.82) is 0 Å². The summed E-state index contributed by atoms with van der Waals surface area (Å²) in [6.07, 6.45) is -0.200. The number of rotatable bonds is 4. The number of hydrogen-bond donors (Lipinski definition) is 2. The molecule has 0 saturated carbocycles. The third-order valence-corrected chi connectivity index (χ3v) is 4.64. The smallest absolute Gasteiger partial charge is 0.165 e. The first-order valence-corrected chi connectivity index (χ1v) is 7.98. The molecule has 0 aromatic carbocycles. The Balaban J connectivity index is 1.68. The average molecular weight is 347 g/mol. The summed E-state index contributed by atoms with van der Waals surface area (Å²) in [7, 11) is 0. The van der Waals surface area contributed by atoms with E-state index in [4.69, 9.17) is 15.0 Å². The Labute approximate surface area is 141 Å². The van der Waals surface area contributed by atoms with Crippen molar-refractivity contribution in [2.45, 2.75) is 36.9 Å². The summed E-state index contributed by atoms with van der Waals surface area (Å²) in [5.41, 5.74) is 10.4. The van der Waals surface area contributed by atoms with Crippen LogP contribution < -0.4 is 0 Å². The Bertz CT molecular complexity index is 815. The van der Waals surface area contributed by atoms with Gasteiger partial charge >= 0.3 is 0 Å². The molecular weight excluding hydrogens is 330 g/mol. The summed E-state index contributed by atoms with van der Waals surface area (Å²) in [5.74, 6) is 0.159. The number of nitrogens with zero attached hydrogens (tertiary/aromatic N) is 7. The Hall–Kier alpha value is -2.30. The van der Waals surface area contributed by atoms with Crippen molar-refractivity contribution in [3.8, 4) is 0 Å². The molecule has 4 heterocycles. The molecule has 25 heavy (non-hydrogen) atoms. The molecule has 4 rings (SSSR count). The number of ether oxygens (including phenoxy) is 2. The van der Waals surface area contributed by atoms with Crippen LogP contribution in [0.1, 0.15) is 24.3 Å². The van der Waals surface area contributed by atoms with Crippen molar-refractivity contribution in [3.05, 3.63) is 28.8 Å². The van der Waals surface area contributed by atoms with Crippen molar-refractivity contribution in [3.63, 3.8) is 0 Å². The maximum absolute atomic E-state index is 10.3. The Kier molecular flexibility index (Phi) is 4.24. The zero-order valence-corrected chi connectivity index (χ0v) is 13.2. The molecule has 2 aliphatic heterocycles. The average Bonchev–Trinajstić information content (AvgIpc) is 3.35. The van der Waals surface area contributed by atoms with E-state index in [9.17, 15) is 10.2 Å². The predicted octanol–water partition coefficient (Wildman–Crippen LogP) is 0.260. The molecule has 2 N–H and O–H groups in total. The van der Waals surface area contributed by atoms with Crippen LogP contribution in [0.15, 0.2) is 17.8 Å². The number of azide groups is 1. The minimum Gasteiger partial charge on any atom is -0.388 e. The van der Waals surface area contributed by atoms with Gasteiger partial charge in [0.1, 0.15) is 24.1 Å². The Morgan fingerprint density at radius 2 is 2.20 bits per heavy atom. The van der Waals surface area contributed by atoms with Gasteiger partial charge in [-0.1, -0.05) is 5.11 Å². The van der Waals surface area contributed by atoms with E-state index in [1.165, 1.54) is 12.7 Å². The number of aromatic nitrogens is 4. The van der Waals surface area contributed by atoms with E-state index in [1.54, 1.807) is 4.57 Å². The van der Waals surface area contributed by atoms with Crippen LogP contribution >= 0.6 is 0 Å². The van der Waals surface area contributed by atoms with Crippen LogP contribution in [0.3, 0.4) is 0 Å². The maximum Gasteiger partial charge on any atom is 0.165 e. The Morgan fingerprint density at radius 1 is 1.32 bits per heavy atom. The van der Waals surface area contributed by atoms with Gasteiger partial charge in [0.25, 0.3) is 0 Å². The summed E-state index contributed by atoms with van der Waals surface area (Å²) >= 11 is 0. The molecule has 2 fully saturated rings. The van der Waals surface area contributed by atoms with Crippen molar-refractivity contribution < 1.29 is 19.7 Å². The number of aliphatic hydroxyl groups excluding tert-OH is 2. The molecule has 0 aliphatic carbocycles. The molecule has 5 atom stereocenters. The number of hydrogen-bond acceptors (Lipinski definition) is 8. The van der Waals surface area contributed by atoms with Crippen molar-refractivity contribution in [1.82, 2.24) is 19.5 Å². The summed E-state index contributed by atoms with van der Waals surface area (Å²) < 4.78 is 12.7. The highest BCUT2D eigenvalue weighted by molar-refractivity contribution is 5.74. The van der Waals surface area contributed by atoms with Crippen LogP contribution in [-0.2, 0) is 9.47 Å². The van der Waals surface area contributed by atoms with Gasteiger partial charge in [-0.2, -0.15) is 0 Å². The molecular formula is C14H17N7O4. The lowest BCUT2D eigenvalue weighted by atomic mass is 10.0. The molecule has 2 aromatic heterocycles. The predicted molar refractivity (Wildman–Crippen MR) is 83.4 cm³/mol. The van der Waals surface area contributed by atoms with Gasteiger partial charge in [-0.3, -0.25) is 4.57 Å². The lowest BCUT2D eigenvalue weighted by Crippen LogP contribution is -2.32. The second-order valence-electron chi connectivity index (χ2n) is 6.10. The normalized spacial score (nSPS) is 32.2. The van der Waals surface area contributed by atoms with Crippen molar-refractivity contribution >= 4 is 11.2 Å². The zero-order valence-electron chi connectivity index (χ0n) is 13.2. The number of aliphatic hydroxyl groups is 2. The Morgan fingerprint density at radius 3 is 2.96 bits per heavy atom. The quantitative estimate of drug-likeness (QED) is 0.457. The standard InChI is InChI=1S/C14H17N7O4/c15-20-19-3-8-11(22)12(23)14(25-8)21-6-18-10-9(7-1-2-24-4-7)16-5-17-13(10)21/h5-8,11-12,14,22-23H,1-4H2/t7?,8-,11+,12+,14-/m1/s1. The zero-order chi connectivity index (χ0) is 17.4. The molecule has 2 aromatic rings. The minimum absolute atomic E-state index is 0.0719. The molecule has 1 unspecified atom stereocenters. The van der Waals surface area contributed by atoms with Crippen LogP contribution in [0.4, 0.5) is 0 Å². The fourth-order valence-corrected chi connectivity index (χ4v) is 3.33. The van der Waals surface area contributed by atoms with Gasteiger partial charge in [0.15, 0.2) is 11.9 Å². The fraction of sp³-hybridized carbons (Fsp3) is 0.643. The molecule has 0 radical (unpaired) electrons.